The van der Waals surface area contributed by atoms with Crippen molar-refractivity contribution in [2.75, 3.05) is 19.1 Å². The van der Waals surface area contributed by atoms with Gasteiger partial charge in [-0.2, -0.15) is 5.10 Å². The summed E-state index contributed by atoms with van der Waals surface area (Å²) in [4.78, 5) is 0. The van der Waals surface area contributed by atoms with Crippen molar-refractivity contribution in [1.29, 1.82) is 0 Å². The van der Waals surface area contributed by atoms with Gasteiger partial charge in [0.25, 0.3) is 0 Å². The van der Waals surface area contributed by atoms with Crippen molar-refractivity contribution in [3.05, 3.63) is 54.3 Å². The number of allylic oxidation sites excluding steroid dienone is 3. The van der Waals surface area contributed by atoms with Crippen molar-refractivity contribution in [2.45, 2.75) is 6.92 Å². The molecule has 1 aromatic carbocycles. The molecule has 0 aromatic heterocycles. The summed E-state index contributed by atoms with van der Waals surface area (Å²) in [5.41, 5.74) is 2.12. The minimum Gasteiger partial charge on any atom is -0.394 e. The Hall–Kier alpha value is -2.03. The zero-order valence-electron chi connectivity index (χ0n) is 10.6. The molecular formula is C14H19N3. The lowest BCUT2D eigenvalue weighted by Crippen LogP contribution is -2.08. The summed E-state index contributed by atoms with van der Waals surface area (Å²) in [6, 6.07) is 10.0. The molecule has 0 heterocycles. The SMILES string of the molecule is C/C=C(\C=C/NC)/C=N/N(C)c1ccccc1. The average molecular weight is 229 g/mol. The molecule has 0 spiro atoms. The summed E-state index contributed by atoms with van der Waals surface area (Å²) in [6.07, 6.45) is 7.70. The molecular weight excluding hydrogens is 210 g/mol. The van der Waals surface area contributed by atoms with E-state index in [1.165, 1.54) is 0 Å². The summed E-state index contributed by atoms with van der Waals surface area (Å²) in [6.45, 7) is 1.99. The van der Waals surface area contributed by atoms with Crippen LogP contribution in [0.1, 0.15) is 6.92 Å². The van der Waals surface area contributed by atoms with Crippen LogP contribution in [-0.4, -0.2) is 20.3 Å². The van der Waals surface area contributed by atoms with Gasteiger partial charge in [0.1, 0.15) is 0 Å². The molecule has 0 aliphatic rings. The minimum atomic E-state index is 1.06. The van der Waals surface area contributed by atoms with Crippen LogP contribution in [0.3, 0.4) is 0 Å². The summed E-state index contributed by atoms with van der Waals surface area (Å²) in [7, 11) is 3.80. The van der Waals surface area contributed by atoms with Crippen LogP contribution in [0.2, 0.25) is 0 Å². The molecule has 0 radical (unpaired) electrons. The minimum absolute atomic E-state index is 1.06. The number of rotatable bonds is 5. The molecule has 0 atom stereocenters. The standard InChI is InChI=1S/C14H19N3/c1-4-13(10-11-15-2)12-16-17(3)14-8-6-5-7-9-14/h4-12,15H,1-3H3/b11-10-,13-4+,16-12+. The van der Waals surface area contributed by atoms with Gasteiger partial charge in [0.05, 0.1) is 11.9 Å². The third-order valence-electron chi connectivity index (χ3n) is 2.29. The third kappa shape index (κ3) is 4.55. The van der Waals surface area contributed by atoms with Gasteiger partial charge >= 0.3 is 0 Å². The maximum absolute atomic E-state index is 4.38. The number of nitrogens with one attached hydrogen (secondary N) is 1. The normalized spacial score (nSPS) is 12.3. The fraction of sp³-hybridized carbons (Fsp3) is 0.214. The predicted molar refractivity (Wildman–Crippen MR) is 75.3 cm³/mol. The third-order valence-corrected chi connectivity index (χ3v) is 2.29. The lowest BCUT2D eigenvalue weighted by molar-refractivity contribution is 1.02. The van der Waals surface area contributed by atoms with Gasteiger partial charge in [-0.1, -0.05) is 24.3 Å². The topological polar surface area (TPSA) is 27.6 Å². The molecule has 90 valence electrons. The van der Waals surface area contributed by atoms with E-state index < -0.39 is 0 Å². The lowest BCUT2D eigenvalue weighted by atomic mass is 10.3. The molecule has 0 bridgehead atoms. The molecule has 0 saturated carbocycles. The van der Waals surface area contributed by atoms with E-state index in [0.29, 0.717) is 0 Å². The average Bonchev–Trinajstić information content (AvgIpc) is 2.39. The number of para-hydroxylation sites is 1. The molecule has 0 fully saturated rings. The highest BCUT2D eigenvalue weighted by Gasteiger charge is 1.94. The fourth-order valence-electron chi connectivity index (χ4n) is 1.26. The maximum Gasteiger partial charge on any atom is 0.0590 e. The molecule has 3 heteroatoms. The van der Waals surface area contributed by atoms with Gasteiger partial charge in [0.15, 0.2) is 0 Å². The monoisotopic (exact) mass is 229 g/mol. The highest BCUT2D eigenvalue weighted by atomic mass is 15.4. The zero-order valence-corrected chi connectivity index (χ0v) is 10.6. The van der Waals surface area contributed by atoms with E-state index in [1.54, 1.807) is 0 Å². The molecule has 3 nitrogen and oxygen atoms in total. The van der Waals surface area contributed by atoms with Crippen molar-refractivity contribution < 1.29 is 0 Å². The lowest BCUT2D eigenvalue weighted by Gasteiger charge is -2.12. The Morgan fingerprint density at radius 3 is 2.59 bits per heavy atom. The van der Waals surface area contributed by atoms with Crippen LogP contribution in [-0.2, 0) is 0 Å². The molecule has 0 aliphatic heterocycles. The molecule has 17 heavy (non-hydrogen) atoms. The van der Waals surface area contributed by atoms with Crippen LogP contribution in [0.25, 0.3) is 0 Å². The maximum atomic E-state index is 4.38. The Labute approximate surface area is 103 Å². The van der Waals surface area contributed by atoms with Crippen molar-refractivity contribution in [3.63, 3.8) is 0 Å². The van der Waals surface area contributed by atoms with Gasteiger partial charge in [0.2, 0.25) is 0 Å². The first kappa shape index (κ1) is 13.0. The molecule has 1 N–H and O–H groups in total. The molecule has 0 saturated heterocycles. The van der Waals surface area contributed by atoms with Crippen LogP contribution in [0, 0.1) is 0 Å². The number of hydrogen-bond donors (Lipinski definition) is 1. The summed E-state index contributed by atoms with van der Waals surface area (Å²) in [5.74, 6) is 0. The second kappa shape index (κ2) is 7.28. The van der Waals surface area contributed by atoms with Crippen LogP contribution < -0.4 is 10.3 Å². The summed E-state index contributed by atoms with van der Waals surface area (Å²) >= 11 is 0. The van der Waals surface area contributed by atoms with Crippen molar-refractivity contribution in [2.24, 2.45) is 5.10 Å². The Kier molecular flexibility index (Phi) is 5.58. The number of hydrogen-bond acceptors (Lipinski definition) is 3. The van der Waals surface area contributed by atoms with E-state index in [2.05, 4.69) is 10.4 Å². The van der Waals surface area contributed by atoms with Gasteiger partial charge in [-0.05, 0) is 36.9 Å². The Morgan fingerprint density at radius 2 is 2.00 bits per heavy atom. The van der Waals surface area contributed by atoms with E-state index in [-0.39, 0.29) is 0 Å². The predicted octanol–water partition coefficient (Wildman–Crippen LogP) is 2.79. The molecule has 0 amide bonds. The summed E-state index contributed by atoms with van der Waals surface area (Å²) in [5, 5.41) is 9.18. The quantitative estimate of drug-likeness (QED) is 0.477. The highest BCUT2D eigenvalue weighted by Crippen LogP contribution is 2.10. The van der Waals surface area contributed by atoms with Crippen LogP contribution in [0.5, 0.6) is 0 Å². The van der Waals surface area contributed by atoms with E-state index in [9.17, 15) is 0 Å². The van der Waals surface area contributed by atoms with Crippen molar-refractivity contribution >= 4 is 11.9 Å². The first-order valence-corrected chi connectivity index (χ1v) is 5.61. The van der Waals surface area contributed by atoms with Crippen LogP contribution >= 0.6 is 0 Å². The molecule has 1 aromatic rings. The van der Waals surface area contributed by atoms with Gasteiger partial charge < -0.3 is 5.32 Å². The highest BCUT2D eigenvalue weighted by molar-refractivity contribution is 5.82. The Morgan fingerprint density at radius 1 is 1.29 bits per heavy atom. The first-order chi connectivity index (χ1) is 8.27. The second-order valence-corrected chi connectivity index (χ2v) is 3.51. The first-order valence-electron chi connectivity index (χ1n) is 5.61. The van der Waals surface area contributed by atoms with E-state index in [1.807, 2.05) is 80.9 Å². The van der Waals surface area contributed by atoms with E-state index in [4.69, 9.17) is 0 Å². The molecule has 0 unspecified atom stereocenters. The Balaban J connectivity index is 2.67. The van der Waals surface area contributed by atoms with Gasteiger partial charge in [-0.3, -0.25) is 5.01 Å². The van der Waals surface area contributed by atoms with Crippen LogP contribution in [0.4, 0.5) is 5.69 Å². The molecule has 1 rings (SSSR count). The number of hydrazone groups is 1. The smallest absolute Gasteiger partial charge is 0.0590 e. The zero-order chi connectivity index (χ0) is 12.5. The summed E-state index contributed by atoms with van der Waals surface area (Å²) < 4.78 is 0. The fourth-order valence-corrected chi connectivity index (χ4v) is 1.26. The van der Waals surface area contributed by atoms with Crippen molar-refractivity contribution in [1.82, 2.24) is 5.32 Å². The van der Waals surface area contributed by atoms with E-state index in [0.717, 1.165) is 11.3 Å². The van der Waals surface area contributed by atoms with Gasteiger partial charge in [0, 0.05) is 14.1 Å². The second-order valence-electron chi connectivity index (χ2n) is 3.51. The molecule has 0 aliphatic carbocycles. The van der Waals surface area contributed by atoms with Crippen molar-refractivity contribution in [3.8, 4) is 0 Å². The number of benzene rings is 1. The van der Waals surface area contributed by atoms with Gasteiger partial charge in [-0.25, -0.2) is 0 Å². The van der Waals surface area contributed by atoms with Gasteiger partial charge in [-0.15, -0.1) is 0 Å². The number of anilines is 1. The van der Waals surface area contributed by atoms with E-state index >= 15 is 0 Å². The largest absolute Gasteiger partial charge is 0.394 e. The Bertz CT molecular complexity index is 405. The number of nitrogens with zero attached hydrogens (tertiary/aromatic N) is 2. The van der Waals surface area contributed by atoms with Crippen LogP contribution in [0.15, 0.2) is 59.4 Å².